The van der Waals surface area contributed by atoms with Gasteiger partial charge in [0.05, 0.1) is 12.2 Å². The summed E-state index contributed by atoms with van der Waals surface area (Å²) in [6, 6.07) is 14.6. The molecule has 3 aliphatic rings. The average Bonchev–Trinajstić information content (AvgIpc) is 3.31. The third kappa shape index (κ3) is 7.21. The molecule has 0 radical (unpaired) electrons. The van der Waals surface area contributed by atoms with E-state index in [1.807, 2.05) is 32.9 Å². The lowest BCUT2D eigenvalue weighted by molar-refractivity contribution is -0.0584. The number of benzene rings is 1. The van der Waals surface area contributed by atoms with E-state index in [0.717, 1.165) is 63.7 Å². The SMILES string of the molecule is C=CCn1c(=O)c2cnc(Nc3ccc(N4CCN(C5CN(C6CN(C(=O)OC(C)(C)C)C6)C5)CC4)cc3)nc2n1-c1cccc(C(C)(C)O)n1. The molecule has 7 rings (SSSR count). The van der Waals surface area contributed by atoms with E-state index in [1.54, 1.807) is 47.7 Å². The first-order chi connectivity index (χ1) is 24.3. The number of nitrogens with zero attached hydrogens (tertiary/aromatic N) is 9. The quantitative estimate of drug-likeness (QED) is 0.249. The predicted octanol–water partition coefficient (Wildman–Crippen LogP) is 3.56. The van der Waals surface area contributed by atoms with Crippen molar-refractivity contribution in [3.8, 4) is 5.82 Å². The Hall–Kier alpha value is -4.79. The number of carbonyl (C=O) groups excluding carboxylic acids is 1. The Morgan fingerprint density at radius 1 is 0.961 bits per heavy atom. The van der Waals surface area contributed by atoms with Gasteiger partial charge in [-0.2, -0.15) is 4.98 Å². The number of likely N-dealkylation sites (tertiary alicyclic amines) is 2. The minimum atomic E-state index is -1.16. The molecule has 0 spiro atoms. The standard InChI is InChI=1S/C37H48N10O4/c1-7-15-46-33(48)29-20-38-34(41-32(29)47(46)31-10-8-9-30(40-31)37(5,6)50)39-25-11-13-26(14-12-25)42-16-18-43(19-17-42)27-21-44(22-27)28-23-45(24-28)35(49)51-36(2,3)4/h7-14,20,27-28,50H,1,15-19,21-24H2,2-6H3,(H,38,39,41). The fourth-order valence-electron chi connectivity index (χ4n) is 6.90. The lowest BCUT2D eigenvalue weighted by atomic mass is 9.98. The van der Waals surface area contributed by atoms with Gasteiger partial charge in [-0.1, -0.05) is 12.1 Å². The summed E-state index contributed by atoms with van der Waals surface area (Å²) >= 11 is 0. The summed E-state index contributed by atoms with van der Waals surface area (Å²) in [6.45, 7) is 20.7. The fourth-order valence-corrected chi connectivity index (χ4v) is 6.90. The topological polar surface area (TPSA) is 137 Å². The highest BCUT2D eigenvalue weighted by Gasteiger charge is 2.43. The zero-order valence-electron chi connectivity index (χ0n) is 30.1. The molecular weight excluding hydrogens is 648 g/mol. The Morgan fingerprint density at radius 2 is 1.65 bits per heavy atom. The largest absolute Gasteiger partial charge is 0.444 e. The van der Waals surface area contributed by atoms with Gasteiger partial charge < -0.3 is 25.0 Å². The maximum atomic E-state index is 13.3. The van der Waals surface area contributed by atoms with Crippen molar-refractivity contribution in [1.82, 2.24) is 39.0 Å². The number of aromatic nitrogens is 5. The normalized spacial score (nSPS) is 18.1. The number of amides is 1. The molecule has 51 heavy (non-hydrogen) atoms. The number of rotatable bonds is 9. The van der Waals surface area contributed by atoms with E-state index >= 15 is 0 Å². The smallest absolute Gasteiger partial charge is 0.410 e. The molecule has 0 aliphatic carbocycles. The summed E-state index contributed by atoms with van der Waals surface area (Å²) < 4.78 is 8.66. The van der Waals surface area contributed by atoms with Gasteiger partial charge in [0.1, 0.15) is 16.6 Å². The van der Waals surface area contributed by atoms with Crippen LogP contribution in [0.1, 0.15) is 40.3 Å². The van der Waals surface area contributed by atoms with Crippen LogP contribution in [0.2, 0.25) is 0 Å². The molecule has 2 N–H and O–H groups in total. The molecule has 3 aromatic heterocycles. The number of hydrogen-bond donors (Lipinski definition) is 2. The van der Waals surface area contributed by atoms with E-state index in [0.29, 0.717) is 40.6 Å². The number of ether oxygens (including phenoxy) is 1. The zero-order chi connectivity index (χ0) is 36.1. The number of anilines is 3. The fraction of sp³-hybridized carbons (Fsp3) is 0.486. The van der Waals surface area contributed by atoms with Gasteiger partial charge in [-0.15, -0.1) is 6.58 Å². The number of hydrogen-bond acceptors (Lipinski definition) is 11. The molecular formula is C37H48N10O4. The lowest BCUT2D eigenvalue weighted by Crippen LogP contribution is -2.71. The average molecular weight is 697 g/mol. The van der Waals surface area contributed by atoms with E-state index in [2.05, 4.69) is 48.7 Å². The van der Waals surface area contributed by atoms with Crippen LogP contribution in [0.5, 0.6) is 0 Å². The number of fused-ring (bicyclic) bond motifs is 1. The summed E-state index contributed by atoms with van der Waals surface area (Å²) in [5.74, 6) is 0.804. The van der Waals surface area contributed by atoms with E-state index in [1.165, 1.54) is 10.9 Å². The third-order valence-electron chi connectivity index (χ3n) is 9.80. The van der Waals surface area contributed by atoms with Gasteiger partial charge in [-0.25, -0.2) is 24.1 Å². The Morgan fingerprint density at radius 3 is 2.29 bits per heavy atom. The summed E-state index contributed by atoms with van der Waals surface area (Å²) in [4.78, 5) is 48.8. The minimum Gasteiger partial charge on any atom is -0.444 e. The maximum Gasteiger partial charge on any atom is 0.410 e. The highest BCUT2D eigenvalue weighted by molar-refractivity contribution is 5.77. The third-order valence-corrected chi connectivity index (χ3v) is 9.80. The van der Waals surface area contributed by atoms with Gasteiger partial charge in [-0.05, 0) is 71.0 Å². The van der Waals surface area contributed by atoms with Gasteiger partial charge in [-0.3, -0.25) is 14.6 Å². The van der Waals surface area contributed by atoms with Crippen molar-refractivity contribution < 1.29 is 14.6 Å². The molecule has 14 heteroatoms. The van der Waals surface area contributed by atoms with Crippen molar-refractivity contribution >= 4 is 34.4 Å². The number of pyridine rings is 1. The zero-order valence-corrected chi connectivity index (χ0v) is 30.1. The van der Waals surface area contributed by atoms with Crippen LogP contribution in [0.4, 0.5) is 22.1 Å². The van der Waals surface area contributed by atoms with Gasteiger partial charge in [0.2, 0.25) is 5.95 Å². The molecule has 270 valence electrons. The van der Waals surface area contributed by atoms with Gasteiger partial charge >= 0.3 is 6.09 Å². The van der Waals surface area contributed by atoms with E-state index in [-0.39, 0.29) is 18.2 Å². The highest BCUT2D eigenvalue weighted by Crippen LogP contribution is 2.28. The maximum absolute atomic E-state index is 13.3. The molecule has 3 saturated heterocycles. The molecule has 0 unspecified atom stereocenters. The van der Waals surface area contributed by atoms with Crippen LogP contribution in [0.3, 0.4) is 0 Å². The van der Waals surface area contributed by atoms with Crippen LogP contribution >= 0.6 is 0 Å². The predicted molar refractivity (Wildman–Crippen MR) is 197 cm³/mol. The van der Waals surface area contributed by atoms with Gasteiger partial charge in [0.15, 0.2) is 11.5 Å². The molecule has 14 nitrogen and oxygen atoms in total. The van der Waals surface area contributed by atoms with Crippen molar-refractivity contribution in [1.29, 1.82) is 0 Å². The summed E-state index contributed by atoms with van der Waals surface area (Å²) in [5, 5.41) is 14.2. The summed E-state index contributed by atoms with van der Waals surface area (Å²) in [5.41, 5.74) is 0.993. The van der Waals surface area contributed by atoms with Crippen LogP contribution in [0.25, 0.3) is 16.9 Å². The molecule has 1 aromatic carbocycles. The second-order valence-electron chi connectivity index (χ2n) is 15.2. The molecule has 0 bridgehead atoms. The second kappa shape index (κ2) is 13.4. The first kappa shape index (κ1) is 34.6. The molecule has 0 saturated carbocycles. The van der Waals surface area contributed by atoms with Gasteiger partial charge in [0.25, 0.3) is 5.56 Å². The Balaban J connectivity index is 0.954. The monoisotopic (exact) mass is 696 g/mol. The van der Waals surface area contributed by atoms with Crippen LogP contribution in [0.15, 0.2) is 66.1 Å². The van der Waals surface area contributed by atoms with Crippen molar-refractivity contribution in [3.05, 3.63) is 77.4 Å². The summed E-state index contributed by atoms with van der Waals surface area (Å²) in [7, 11) is 0. The van der Waals surface area contributed by atoms with Crippen LogP contribution in [0, 0.1) is 0 Å². The Labute approximate surface area is 297 Å². The molecule has 6 heterocycles. The number of piperazine rings is 1. The first-order valence-corrected chi connectivity index (χ1v) is 17.7. The number of carbonyl (C=O) groups is 1. The number of nitrogens with one attached hydrogen (secondary N) is 1. The second-order valence-corrected chi connectivity index (χ2v) is 15.2. The van der Waals surface area contributed by atoms with Crippen LogP contribution < -0.4 is 15.8 Å². The number of aliphatic hydroxyl groups is 1. The Bertz CT molecular complexity index is 1960. The number of allylic oxidation sites excluding steroid dienone is 1. The van der Waals surface area contributed by atoms with Gasteiger partial charge in [0, 0.05) is 82.0 Å². The molecule has 3 fully saturated rings. The first-order valence-electron chi connectivity index (χ1n) is 17.7. The van der Waals surface area contributed by atoms with Crippen molar-refractivity contribution in [2.45, 2.75) is 64.4 Å². The van der Waals surface area contributed by atoms with Crippen LogP contribution in [-0.2, 0) is 16.9 Å². The Kier molecular flexibility index (Phi) is 9.10. The molecule has 0 atom stereocenters. The van der Waals surface area contributed by atoms with E-state index in [4.69, 9.17) is 9.72 Å². The molecule has 1 amide bonds. The highest BCUT2D eigenvalue weighted by atomic mass is 16.6. The van der Waals surface area contributed by atoms with Crippen molar-refractivity contribution in [3.63, 3.8) is 0 Å². The minimum absolute atomic E-state index is 0.211. The lowest BCUT2D eigenvalue weighted by Gasteiger charge is -2.55. The van der Waals surface area contributed by atoms with Crippen LogP contribution in [-0.4, -0.2) is 120 Å². The van der Waals surface area contributed by atoms with E-state index in [9.17, 15) is 14.7 Å². The molecule has 4 aromatic rings. The summed E-state index contributed by atoms with van der Waals surface area (Å²) in [6.07, 6.45) is 2.96. The van der Waals surface area contributed by atoms with Crippen molar-refractivity contribution in [2.24, 2.45) is 0 Å². The molecule has 3 aliphatic heterocycles. The van der Waals surface area contributed by atoms with E-state index < -0.39 is 11.2 Å². The van der Waals surface area contributed by atoms with Crippen molar-refractivity contribution in [2.75, 3.05) is 62.6 Å².